The summed E-state index contributed by atoms with van der Waals surface area (Å²) < 4.78 is 1.19. The smallest absolute Gasteiger partial charge is 0.0300 e. The number of hydrogen-bond donors (Lipinski definition) is 1. The summed E-state index contributed by atoms with van der Waals surface area (Å²) in [5.41, 5.74) is 0. The van der Waals surface area contributed by atoms with Crippen molar-refractivity contribution < 1.29 is 0 Å². The van der Waals surface area contributed by atoms with Crippen LogP contribution in [0, 0.1) is 0 Å². The Kier molecular flexibility index (Phi) is 6.97. The van der Waals surface area contributed by atoms with E-state index in [-0.39, 0.29) is 0 Å². The van der Waals surface area contributed by atoms with Gasteiger partial charge in [0.05, 0.1) is 0 Å². The predicted molar refractivity (Wildman–Crippen MR) is 91.5 cm³/mol. The van der Waals surface area contributed by atoms with Gasteiger partial charge in [0.2, 0.25) is 0 Å². The zero-order valence-electron chi connectivity index (χ0n) is 12.6. The molecule has 1 saturated heterocycles. The molecule has 1 aromatic heterocycles. The van der Waals surface area contributed by atoms with Crippen LogP contribution in [-0.4, -0.2) is 55.6 Å². The summed E-state index contributed by atoms with van der Waals surface area (Å²) in [6, 6.07) is 2.97. The van der Waals surface area contributed by atoms with E-state index in [9.17, 15) is 0 Å². The van der Waals surface area contributed by atoms with Gasteiger partial charge in [-0.25, -0.2) is 0 Å². The van der Waals surface area contributed by atoms with E-state index in [2.05, 4.69) is 56.5 Å². The Morgan fingerprint density at radius 2 is 2.40 bits per heavy atom. The van der Waals surface area contributed by atoms with Crippen LogP contribution in [0.4, 0.5) is 0 Å². The highest BCUT2D eigenvalue weighted by atomic mass is 79.9. The predicted octanol–water partition coefficient (Wildman–Crippen LogP) is 3.02. The third kappa shape index (κ3) is 5.11. The first-order chi connectivity index (χ1) is 9.69. The van der Waals surface area contributed by atoms with Gasteiger partial charge in [0.15, 0.2) is 0 Å². The van der Waals surface area contributed by atoms with Crippen molar-refractivity contribution in [2.45, 2.75) is 32.4 Å². The Morgan fingerprint density at radius 1 is 1.55 bits per heavy atom. The van der Waals surface area contributed by atoms with Crippen molar-refractivity contribution in [3.8, 4) is 0 Å². The minimum Gasteiger partial charge on any atom is -0.311 e. The number of likely N-dealkylation sites (tertiary alicyclic amines) is 1. The molecule has 114 valence electrons. The van der Waals surface area contributed by atoms with Crippen molar-refractivity contribution >= 4 is 27.3 Å². The topological polar surface area (TPSA) is 18.5 Å². The maximum atomic E-state index is 3.53. The van der Waals surface area contributed by atoms with E-state index in [4.69, 9.17) is 0 Å². The molecule has 0 spiro atoms. The molecule has 2 rings (SSSR count). The first-order valence-electron chi connectivity index (χ1n) is 7.55. The lowest BCUT2D eigenvalue weighted by atomic mass is 10.2. The van der Waals surface area contributed by atoms with E-state index in [1.807, 2.05) is 11.3 Å². The van der Waals surface area contributed by atoms with Crippen LogP contribution in [0.25, 0.3) is 0 Å². The molecule has 0 aliphatic carbocycles. The van der Waals surface area contributed by atoms with Gasteiger partial charge in [0.1, 0.15) is 0 Å². The van der Waals surface area contributed by atoms with Crippen LogP contribution in [0.3, 0.4) is 0 Å². The van der Waals surface area contributed by atoms with Gasteiger partial charge in [-0.05, 0) is 55.0 Å². The highest BCUT2D eigenvalue weighted by molar-refractivity contribution is 9.10. The number of halogens is 1. The molecule has 1 atom stereocenters. The number of hydrogen-bond acceptors (Lipinski definition) is 4. The van der Waals surface area contributed by atoms with Crippen LogP contribution < -0.4 is 5.32 Å². The van der Waals surface area contributed by atoms with Gasteiger partial charge in [0.25, 0.3) is 0 Å². The minimum atomic E-state index is 0.776. The Bertz CT molecular complexity index is 396. The van der Waals surface area contributed by atoms with Crippen LogP contribution in [-0.2, 0) is 6.54 Å². The first kappa shape index (κ1) is 16.4. The first-order valence-corrected chi connectivity index (χ1v) is 9.22. The van der Waals surface area contributed by atoms with Gasteiger partial charge < -0.3 is 10.2 Å². The van der Waals surface area contributed by atoms with E-state index in [0.717, 1.165) is 25.7 Å². The molecule has 0 aromatic carbocycles. The lowest BCUT2D eigenvalue weighted by Gasteiger charge is -2.27. The molecule has 1 aliphatic heterocycles. The molecule has 0 amide bonds. The van der Waals surface area contributed by atoms with E-state index >= 15 is 0 Å². The third-order valence-corrected chi connectivity index (χ3v) is 5.72. The average molecular weight is 360 g/mol. The number of nitrogens with zero attached hydrogens (tertiary/aromatic N) is 2. The second-order valence-electron chi connectivity index (χ2n) is 5.59. The van der Waals surface area contributed by atoms with E-state index in [1.54, 1.807) is 0 Å². The average Bonchev–Trinajstić information content (AvgIpc) is 3.03. The second kappa shape index (κ2) is 8.49. The molecule has 5 heteroatoms. The van der Waals surface area contributed by atoms with E-state index in [1.165, 1.54) is 41.8 Å². The summed E-state index contributed by atoms with van der Waals surface area (Å²) in [7, 11) is 2.25. The number of nitrogens with one attached hydrogen (secondary N) is 1. The van der Waals surface area contributed by atoms with Gasteiger partial charge in [-0.2, -0.15) is 0 Å². The van der Waals surface area contributed by atoms with Crippen molar-refractivity contribution in [1.29, 1.82) is 0 Å². The van der Waals surface area contributed by atoms with Crippen LogP contribution in [0.2, 0.25) is 0 Å². The molecule has 1 unspecified atom stereocenters. The Labute approximate surface area is 135 Å². The Hall–Kier alpha value is 0.0600. The van der Waals surface area contributed by atoms with Gasteiger partial charge in [-0.1, -0.05) is 6.92 Å². The summed E-state index contributed by atoms with van der Waals surface area (Å²) in [5.74, 6) is 0. The molecular weight excluding hydrogens is 334 g/mol. The third-order valence-electron chi connectivity index (χ3n) is 4.02. The fourth-order valence-electron chi connectivity index (χ4n) is 2.90. The van der Waals surface area contributed by atoms with Crippen molar-refractivity contribution in [2.75, 3.05) is 39.8 Å². The minimum absolute atomic E-state index is 0.776. The van der Waals surface area contributed by atoms with E-state index in [0.29, 0.717) is 0 Å². The number of likely N-dealkylation sites (N-methyl/N-ethyl adjacent to an activating group) is 2. The number of rotatable bonds is 8. The molecule has 2 heterocycles. The van der Waals surface area contributed by atoms with Crippen LogP contribution in [0.1, 0.15) is 24.6 Å². The Morgan fingerprint density at radius 3 is 3.10 bits per heavy atom. The molecular formula is C15H26BrN3S. The largest absolute Gasteiger partial charge is 0.311 e. The molecule has 0 radical (unpaired) electrons. The van der Waals surface area contributed by atoms with Crippen molar-refractivity contribution in [2.24, 2.45) is 0 Å². The fourth-order valence-corrected chi connectivity index (χ4v) is 4.32. The molecule has 1 aromatic rings. The van der Waals surface area contributed by atoms with Crippen molar-refractivity contribution in [3.05, 3.63) is 20.8 Å². The van der Waals surface area contributed by atoms with Gasteiger partial charge in [-0.3, -0.25) is 4.90 Å². The fraction of sp³-hybridized carbons (Fsp3) is 0.733. The van der Waals surface area contributed by atoms with E-state index < -0.39 is 0 Å². The quantitative estimate of drug-likeness (QED) is 0.719. The molecule has 0 saturated carbocycles. The monoisotopic (exact) mass is 359 g/mol. The summed E-state index contributed by atoms with van der Waals surface area (Å²) in [6.45, 7) is 9.14. The van der Waals surface area contributed by atoms with Gasteiger partial charge in [-0.15, -0.1) is 11.3 Å². The lowest BCUT2D eigenvalue weighted by Crippen LogP contribution is -2.40. The molecule has 20 heavy (non-hydrogen) atoms. The normalized spacial score (nSPS) is 20.1. The molecule has 1 fully saturated rings. The zero-order valence-corrected chi connectivity index (χ0v) is 15.0. The second-order valence-corrected chi connectivity index (χ2v) is 7.51. The maximum absolute atomic E-state index is 3.53. The molecule has 1 N–H and O–H groups in total. The maximum Gasteiger partial charge on any atom is 0.0300 e. The lowest BCUT2D eigenvalue weighted by molar-refractivity contribution is 0.199. The molecule has 3 nitrogen and oxygen atoms in total. The summed E-state index contributed by atoms with van der Waals surface area (Å²) in [5, 5.41) is 5.67. The zero-order chi connectivity index (χ0) is 14.4. The van der Waals surface area contributed by atoms with Gasteiger partial charge in [0, 0.05) is 47.0 Å². The molecule has 0 bridgehead atoms. The Balaban J connectivity index is 1.59. The van der Waals surface area contributed by atoms with Crippen molar-refractivity contribution in [3.63, 3.8) is 0 Å². The summed E-state index contributed by atoms with van der Waals surface area (Å²) >= 11 is 5.30. The van der Waals surface area contributed by atoms with Gasteiger partial charge >= 0.3 is 0 Å². The summed E-state index contributed by atoms with van der Waals surface area (Å²) in [6.07, 6.45) is 2.74. The van der Waals surface area contributed by atoms with Crippen LogP contribution in [0.5, 0.6) is 0 Å². The van der Waals surface area contributed by atoms with Crippen LogP contribution in [0.15, 0.2) is 15.9 Å². The number of thiophene rings is 1. The van der Waals surface area contributed by atoms with Crippen LogP contribution >= 0.6 is 27.3 Å². The standard InChI is InChI=1S/C15H26BrN3S/c1-3-19-7-4-5-14(19)11-18(2)8-6-17-10-15-9-13(16)12-20-15/h9,12,14,17H,3-8,10-11H2,1-2H3. The highest BCUT2D eigenvalue weighted by Crippen LogP contribution is 2.19. The SMILES string of the molecule is CCN1CCCC1CN(C)CCNCc1cc(Br)cs1. The highest BCUT2D eigenvalue weighted by Gasteiger charge is 2.23. The van der Waals surface area contributed by atoms with Crippen molar-refractivity contribution in [1.82, 2.24) is 15.1 Å². The molecule has 1 aliphatic rings. The summed E-state index contributed by atoms with van der Waals surface area (Å²) in [4.78, 5) is 6.48.